The minimum absolute atomic E-state index is 0.0699. The number of carbonyl (C=O) groups excluding carboxylic acids is 1. The van der Waals surface area contributed by atoms with Gasteiger partial charge in [-0.1, -0.05) is 19.1 Å². The number of carboxylic acids is 2. The van der Waals surface area contributed by atoms with Gasteiger partial charge in [-0.25, -0.2) is 9.59 Å². The number of likely N-dealkylation sites (N-methyl/N-ethyl adjacent to an activating group) is 1. The smallest absolute Gasteiger partial charge is 0.490 e. The van der Waals surface area contributed by atoms with Crippen LogP contribution in [0.2, 0.25) is 0 Å². The Morgan fingerprint density at radius 3 is 2.00 bits per heavy atom. The Morgan fingerprint density at radius 2 is 1.57 bits per heavy atom. The van der Waals surface area contributed by atoms with Gasteiger partial charge in [0.15, 0.2) is 11.5 Å². The summed E-state index contributed by atoms with van der Waals surface area (Å²) < 4.78 is 74.9. The molecule has 0 fully saturated rings. The van der Waals surface area contributed by atoms with Crippen LogP contribution in [0.3, 0.4) is 0 Å². The zero-order valence-corrected chi connectivity index (χ0v) is 24.9. The van der Waals surface area contributed by atoms with Crippen molar-refractivity contribution >= 4 is 40.1 Å². The first kappa shape index (κ1) is 39.2. The minimum atomic E-state index is -5.08. The van der Waals surface area contributed by atoms with Crippen molar-refractivity contribution in [3.63, 3.8) is 0 Å². The summed E-state index contributed by atoms with van der Waals surface area (Å²) in [5.41, 5.74) is 9.68. The van der Waals surface area contributed by atoms with Crippen LogP contribution in [-0.4, -0.2) is 89.8 Å². The van der Waals surface area contributed by atoms with Crippen LogP contribution in [0.1, 0.15) is 28.4 Å². The number of methoxy groups -OCH3 is 1. The second-order valence-corrected chi connectivity index (χ2v) is 9.27. The number of halogens is 6. The van der Waals surface area contributed by atoms with Crippen LogP contribution in [-0.2, 0) is 22.6 Å². The summed E-state index contributed by atoms with van der Waals surface area (Å²) in [5.74, 6) is -5.00. The molecule has 0 unspecified atom stereocenters. The van der Waals surface area contributed by atoms with Gasteiger partial charge in [0.25, 0.3) is 5.91 Å². The van der Waals surface area contributed by atoms with Crippen molar-refractivity contribution in [2.45, 2.75) is 32.3 Å². The molecule has 0 radical (unpaired) electrons. The number of nitrogens with zero attached hydrogens (tertiary/aromatic N) is 2. The number of aliphatic hydroxyl groups excluding tert-OH is 1. The molecule has 0 aliphatic carbocycles. The summed E-state index contributed by atoms with van der Waals surface area (Å²) in [6.45, 7) is 3.15. The summed E-state index contributed by atoms with van der Waals surface area (Å²) in [6, 6.07) is 9.24. The van der Waals surface area contributed by atoms with Crippen LogP contribution < -0.4 is 20.5 Å². The first-order valence-electron chi connectivity index (χ1n) is 12.9. The molecule has 0 aliphatic heterocycles. The van der Waals surface area contributed by atoms with E-state index in [0.29, 0.717) is 41.1 Å². The van der Waals surface area contributed by atoms with Gasteiger partial charge in [-0.3, -0.25) is 9.78 Å². The molecule has 1 heterocycles. The number of amides is 1. The molecule has 254 valence electrons. The molecule has 3 aromatic rings. The Kier molecular flexibility index (Phi) is 14.5. The van der Waals surface area contributed by atoms with Crippen LogP contribution in [0.4, 0.5) is 37.7 Å². The van der Waals surface area contributed by atoms with E-state index in [-0.39, 0.29) is 12.2 Å². The number of anilines is 2. The Morgan fingerprint density at radius 1 is 1.00 bits per heavy atom. The van der Waals surface area contributed by atoms with E-state index in [4.69, 9.17) is 35.0 Å². The summed E-state index contributed by atoms with van der Waals surface area (Å²) in [4.78, 5) is 36.5. The average Bonchev–Trinajstić information content (AvgIpc) is 2.96. The zero-order chi connectivity index (χ0) is 35.4. The van der Waals surface area contributed by atoms with E-state index in [1.54, 1.807) is 13.2 Å². The van der Waals surface area contributed by atoms with E-state index in [0.717, 1.165) is 23.4 Å². The van der Waals surface area contributed by atoms with Crippen LogP contribution in [0.15, 0.2) is 36.5 Å². The van der Waals surface area contributed by atoms with Gasteiger partial charge in [-0.15, -0.1) is 0 Å². The Labute approximate surface area is 258 Å². The van der Waals surface area contributed by atoms with Crippen molar-refractivity contribution in [3.8, 4) is 11.5 Å². The van der Waals surface area contributed by atoms with Crippen molar-refractivity contribution in [2.75, 3.05) is 39.7 Å². The summed E-state index contributed by atoms with van der Waals surface area (Å²) in [7, 11) is 5.51. The van der Waals surface area contributed by atoms with Crippen molar-refractivity contribution in [3.05, 3.63) is 53.2 Å². The number of pyridine rings is 1. The van der Waals surface area contributed by atoms with Gasteiger partial charge in [-0.05, 0) is 43.8 Å². The van der Waals surface area contributed by atoms with Crippen LogP contribution in [0, 0.1) is 0 Å². The molecule has 18 heteroatoms. The number of carbonyl (C=O) groups is 3. The fraction of sp³-hybridized carbons (Fsp3) is 0.357. The quantitative estimate of drug-likeness (QED) is 0.194. The minimum Gasteiger partial charge on any atom is -0.493 e. The maximum absolute atomic E-state index is 12.2. The summed E-state index contributed by atoms with van der Waals surface area (Å²) in [5, 5.41) is 28.0. The van der Waals surface area contributed by atoms with Crippen molar-refractivity contribution < 1.29 is 65.5 Å². The van der Waals surface area contributed by atoms with Gasteiger partial charge < -0.3 is 40.7 Å². The number of alkyl halides is 6. The number of aliphatic hydroxyl groups is 1. The van der Waals surface area contributed by atoms with E-state index in [2.05, 4.69) is 10.3 Å². The number of nitrogens with one attached hydrogen (secondary N) is 1. The summed E-state index contributed by atoms with van der Waals surface area (Å²) in [6.07, 6.45) is -8.00. The molecule has 0 atom stereocenters. The van der Waals surface area contributed by atoms with Crippen molar-refractivity contribution in [1.82, 2.24) is 9.88 Å². The third-order valence-electron chi connectivity index (χ3n) is 5.76. The summed E-state index contributed by atoms with van der Waals surface area (Å²) >= 11 is 0. The molecule has 1 amide bonds. The number of fused-ring (bicyclic) bond motifs is 1. The third kappa shape index (κ3) is 11.6. The van der Waals surface area contributed by atoms with Gasteiger partial charge in [0.05, 0.1) is 30.5 Å². The lowest BCUT2D eigenvalue weighted by Gasteiger charge is -2.19. The first-order valence-corrected chi connectivity index (χ1v) is 12.9. The van der Waals surface area contributed by atoms with Crippen molar-refractivity contribution in [1.29, 1.82) is 0 Å². The maximum Gasteiger partial charge on any atom is 0.490 e. The van der Waals surface area contributed by atoms with Gasteiger partial charge in [0.2, 0.25) is 0 Å². The predicted molar refractivity (Wildman–Crippen MR) is 153 cm³/mol. The monoisotopic (exact) mass is 666 g/mol. The Bertz CT molecular complexity index is 1490. The maximum atomic E-state index is 12.2. The molecule has 46 heavy (non-hydrogen) atoms. The lowest BCUT2D eigenvalue weighted by molar-refractivity contribution is -0.193. The highest BCUT2D eigenvalue weighted by Gasteiger charge is 2.38. The van der Waals surface area contributed by atoms with E-state index in [9.17, 15) is 36.2 Å². The number of primary amides is 1. The van der Waals surface area contributed by atoms with Gasteiger partial charge in [0.1, 0.15) is 6.61 Å². The van der Waals surface area contributed by atoms with Crippen LogP contribution >= 0.6 is 0 Å². The number of ether oxygens (including phenoxy) is 2. The first-order chi connectivity index (χ1) is 21.3. The molecular formula is C28H32F6N4O8. The standard InChI is InChI=1S/C24H30N4O4.2C2HF3O2/c1-5-16-15(14-29)7-6-8-19(16)27-23-17-11-22(32-10-9-28(2)3)21(31-4)12-20(17)26-13-18(23)24(25)30;2*3-2(4,5)1(6)7/h6-8,11-13,29H,5,9-10,14H2,1-4H3,(H2,25,30)(H,26,27);2*(H,6,7). The van der Waals surface area contributed by atoms with Gasteiger partial charge in [-0.2, -0.15) is 26.3 Å². The number of benzene rings is 2. The molecule has 0 saturated carbocycles. The number of carboxylic acid groups (broad SMARTS) is 2. The second kappa shape index (κ2) is 17.0. The van der Waals surface area contributed by atoms with Crippen molar-refractivity contribution in [2.24, 2.45) is 5.73 Å². The number of aliphatic carboxylic acids is 2. The highest BCUT2D eigenvalue weighted by Crippen LogP contribution is 2.38. The topological polar surface area (TPSA) is 185 Å². The third-order valence-corrected chi connectivity index (χ3v) is 5.76. The predicted octanol–water partition coefficient (Wildman–Crippen LogP) is 4.35. The molecule has 1 aromatic heterocycles. The number of aromatic nitrogens is 1. The number of hydrogen-bond donors (Lipinski definition) is 5. The van der Waals surface area contributed by atoms with E-state index in [1.165, 1.54) is 6.20 Å². The van der Waals surface area contributed by atoms with Gasteiger partial charge >= 0.3 is 24.3 Å². The van der Waals surface area contributed by atoms with Crippen LogP contribution in [0.25, 0.3) is 10.9 Å². The molecular weight excluding hydrogens is 634 g/mol. The average molecular weight is 667 g/mol. The van der Waals surface area contributed by atoms with E-state index >= 15 is 0 Å². The molecule has 3 rings (SSSR count). The highest BCUT2D eigenvalue weighted by molar-refractivity contribution is 6.08. The largest absolute Gasteiger partial charge is 0.493 e. The number of hydrogen-bond acceptors (Lipinski definition) is 9. The molecule has 0 saturated heterocycles. The lowest BCUT2D eigenvalue weighted by atomic mass is 10.0. The highest BCUT2D eigenvalue weighted by atomic mass is 19.4. The SMILES string of the molecule is CCc1c(CO)cccc1Nc1c(C(N)=O)cnc2cc(OC)c(OCCN(C)C)cc12.O=C(O)C(F)(F)F.O=C(O)C(F)(F)F. The number of nitrogens with two attached hydrogens (primary N) is 1. The normalized spacial score (nSPS) is 11.1. The Balaban J connectivity index is 0.000000629. The van der Waals surface area contributed by atoms with E-state index in [1.807, 2.05) is 50.2 Å². The molecule has 12 nitrogen and oxygen atoms in total. The fourth-order valence-electron chi connectivity index (χ4n) is 3.58. The molecule has 6 N–H and O–H groups in total. The van der Waals surface area contributed by atoms with Crippen LogP contribution in [0.5, 0.6) is 11.5 Å². The lowest BCUT2D eigenvalue weighted by Crippen LogP contribution is -2.21. The number of rotatable bonds is 10. The van der Waals surface area contributed by atoms with Gasteiger partial charge in [0, 0.05) is 29.9 Å². The molecule has 0 aliphatic rings. The fourth-order valence-corrected chi connectivity index (χ4v) is 3.58. The Hall–Kier alpha value is -4.84. The zero-order valence-electron chi connectivity index (χ0n) is 24.9. The molecule has 0 bridgehead atoms. The molecule has 2 aromatic carbocycles. The van der Waals surface area contributed by atoms with E-state index < -0.39 is 30.2 Å². The second-order valence-electron chi connectivity index (χ2n) is 9.27. The molecule has 0 spiro atoms.